The summed E-state index contributed by atoms with van der Waals surface area (Å²) < 4.78 is 1.77. The number of aryl methyl sites for hydroxylation is 1. The van der Waals surface area contributed by atoms with Crippen molar-refractivity contribution in [1.82, 2.24) is 29.5 Å². The second-order valence-electron chi connectivity index (χ2n) is 6.32. The average molecular weight is 351 g/mol. The molecule has 0 radical (unpaired) electrons. The van der Waals surface area contributed by atoms with E-state index in [0.717, 1.165) is 37.4 Å². The third kappa shape index (κ3) is 3.10. The first kappa shape index (κ1) is 16.4. The van der Waals surface area contributed by atoms with Crippen LogP contribution in [0.4, 0.5) is 5.82 Å². The molecule has 4 heterocycles. The van der Waals surface area contributed by atoms with Crippen LogP contribution in [0, 0.1) is 0 Å². The Morgan fingerprint density at radius 3 is 2.73 bits per heavy atom. The van der Waals surface area contributed by atoms with Gasteiger partial charge < -0.3 is 9.80 Å². The second-order valence-corrected chi connectivity index (χ2v) is 6.32. The molecule has 0 aliphatic carbocycles. The van der Waals surface area contributed by atoms with Crippen LogP contribution in [0.3, 0.4) is 0 Å². The number of nitrogens with zero attached hydrogens (tertiary/aromatic N) is 7. The lowest BCUT2D eigenvalue weighted by Crippen LogP contribution is -2.49. The fourth-order valence-electron chi connectivity index (χ4n) is 3.24. The molecule has 0 atom stereocenters. The maximum Gasteiger partial charge on any atom is 0.272 e. The molecule has 1 fully saturated rings. The van der Waals surface area contributed by atoms with Crippen LogP contribution in [0.15, 0.2) is 36.8 Å². The van der Waals surface area contributed by atoms with Gasteiger partial charge in [-0.1, -0.05) is 19.4 Å². The van der Waals surface area contributed by atoms with Crippen molar-refractivity contribution in [2.45, 2.75) is 19.8 Å². The van der Waals surface area contributed by atoms with Crippen LogP contribution in [0.25, 0.3) is 5.78 Å². The van der Waals surface area contributed by atoms with Crippen molar-refractivity contribution in [2.24, 2.45) is 0 Å². The van der Waals surface area contributed by atoms with Crippen LogP contribution in [0.2, 0.25) is 0 Å². The van der Waals surface area contributed by atoms with E-state index in [4.69, 9.17) is 0 Å². The highest BCUT2D eigenvalue weighted by Gasteiger charge is 2.24. The van der Waals surface area contributed by atoms with Gasteiger partial charge in [-0.05, 0) is 18.6 Å². The molecule has 0 unspecified atom stereocenters. The first-order valence-corrected chi connectivity index (χ1v) is 8.91. The molecule has 1 saturated heterocycles. The molecule has 3 aromatic heterocycles. The number of rotatable bonds is 4. The topological polar surface area (TPSA) is 79.5 Å². The number of fused-ring (bicyclic) bond motifs is 1. The molecule has 134 valence electrons. The molecular weight excluding hydrogens is 330 g/mol. The van der Waals surface area contributed by atoms with Crippen molar-refractivity contribution >= 4 is 17.5 Å². The van der Waals surface area contributed by atoms with Crippen molar-refractivity contribution < 1.29 is 4.79 Å². The van der Waals surface area contributed by atoms with Gasteiger partial charge in [0.1, 0.15) is 17.8 Å². The summed E-state index contributed by atoms with van der Waals surface area (Å²) in [6.45, 7) is 4.91. The maximum atomic E-state index is 12.6. The lowest BCUT2D eigenvalue weighted by atomic mass is 10.2. The number of amides is 1. The van der Waals surface area contributed by atoms with Crippen LogP contribution in [0.5, 0.6) is 0 Å². The van der Waals surface area contributed by atoms with Gasteiger partial charge in [0, 0.05) is 44.1 Å². The van der Waals surface area contributed by atoms with E-state index in [1.54, 1.807) is 16.8 Å². The fourth-order valence-corrected chi connectivity index (χ4v) is 3.24. The van der Waals surface area contributed by atoms with Crippen molar-refractivity contribution in [3.63, 3.8) is 0 Å². The smallest absolute Gasteiger partial charge is 0.272 e. The standard InChI is InChI=1S/C18H21N7O/c1-2-5-14-12-16(25-18(22-14)20-13-21-25)23-8-10-24(11-9-23)17(26)15-6-3-4-7-19-15/h3-4,6-7,12-13H,2,5,8-11H2,1H3. The molecule has 8 nitrogen and oxygen atoms in total. The van der Waals surface area contributed by atoms with E-state index in [0.29, 0.717) is 24.6 Å². The summed E-state index contributed by atoms with van der Waals surface area (Å²) in [5.74, 6) is 1.59. The van der Waals surface area contributed by atoms with Gasteiger partial charge in [0.25, 0.3) is 11.7 Å². The lowest BCUT2D eigenvalue weighted by molar-refractivity contribution is 0.0740. The van der Waals surface area contributed by atoms with E-state index in [9.17, 15) is 4.79 Å². The Hall–Kier alpha value is -3.03. The molecule has 1 amide bonds. The Balaban J connectivity index is 1.52. The normalized spacial score (nSPS) is 14.8. The van der Waals surface area contributed by atoms with Crippen molar-refractivity contribution in [2.75, 3.05) is 31.1 Å². The molecule has 0 saturated carbocycles. The van der Waals surface area contributed by atoms with Gasteiger partial charge in [-0.15, -0.1) is 0 Å². The van der Waals surface area contributed by atoms with E-state index in [-0.39, 0.29) is 5.91 Å². The van der Waals surface area contributed by atoms with Gasteiger partial charge in [-0.2, -0.15) is 14.6 Å². The minimum absolute atomic E-state index is 0.0162. The third-order valence-electron chi connectivity index (χ3n) is 4.57. The summed E-state index contributed by atoms with van der Waals surface area (Å²) >= 11 is 0. The van der Waals surface area contributed by atoms with Gasteiger partial charge in [-0.3, -0.25) is 9.78 Å². The quantitative estimate of drug-likeness (QED) is 0.708. The highest BCUT2D eigenvalue weighted by atomic mass is 16.2. The Labute approximate surface area is 151 Å². The monoisotopic (exact) mass is 351 g/mol. The van der Waals surface area contributed by atoms with E-state index < -0.39 is 0 Å². The number of hydrogen-bond donors (Lipinski definition) is 0. The van der Waals surface area contributed by atoms with Crippen LogP contribution in [-0.4, -0.2) is 61.6 Å². The van der Waals surface area contributed by atoms with E-state index in [1.165, 1.54) is 6.33 Å². The zero-order chi connectivity index (χ0) is 17.9. The summed E-state index contributed by atoms with van der Waals surface area (Å²) in [5.41, 5.74) is 1.52. The van der Waals surface area contributed by atoms with Crippen molar-refractivity contribution in [3.8, 4) is 0 Å². The summed E-state index contributed by atoms with van der Waals surface area (Å²) in [7, 11) is 0. The fraction of sp³-hybridized carbons (Fsp3) is 0.389. The van der Waals surface area contributed by atoms with Crippen LogP contribution in [0.1, 0.15) is 29.5 Å². The van der Waals surface area contributed by atoms with Gasteiger partial charge in [0.2, 0.25) is 0 Å². The molecule has 4 rings (SSSR count). The number of pyridine rings is 1. The van der Waals surface area contributed by atoms with Crippen LogP contribution < -0.4 is 4.90 Å². The zero-order valence-electron chi connectivity index (χ0n) is 14.7. The molecule has 8 heteroatoms. The molecule has 1 aliphatic heterocycles. The number of anilines is 1. The SMILES string of the molecule is CCCc1cc(N2CCN(C(=O)c3ccccn3)CC2)n2ncnc2n1. The molecular formula is C18H21N7O. The minimum Gasteiger partial charge on any atom is -0.353 e. The number of carbonyl (C=O) groups excluding carboxylic acids is 1. The van der Waals surface area contributed by atoms with Gasteiger partial charge in [-0.25, -0.2) is 4.98 Å². The molecule has 1 aliphatic rings. The average Bonchev–Trinajstić information content (AvgIpc) is 3.16. The van der Waals surface area contributed by atoms with Crippen LogP contribution in [-0.2, 0) is 6.42 Å². The molecule has 0 bridgehead atoms. The minimum atomic E-state index is -0.0162. The molecule has 0 aromatic carbocycles. The summed E-state index contributed by atoms with van der Waals surface area (Å²) in [4.78, 5) is 29.6. The number of hydrogen-bond acceptors (Lipinski definition) is 6. The summed E-state index contributed by atoms with van der Waals surface area (Å²) in [6, 6.07) is 7.49. The van der Waals surface area contributed by atoms with Gasteiger partial charge >= 0.3 is 0 Å². The number of piperazine rings is 1. The Bertz CT molecular complexity index is 900. The van der Waals surface area contributed by atoms with Crippen molar-refractivity contribution in [3.05, 3.63) is 48.2 Å². The zero-order valence-corrected chi connectivity index (χ0v) is 14.7. The number of aromatic nitrogens is 5. The maximum absolute atomic E-state index is 12.6. The second kappa shape index (κ2) is 7.07. The lowest BCUT2D eigenvalue weighted by Gasteiger charge is -2.35. The molecule has 3 aromatic rings. The highest BCUT2D eigenvalue weighted by molar-refractivity contribution is 5.92. The molecule has 0 N–H and O–H groups in total. The van der Waals surface area contributed by atoms with E-state index in [1.807, 2.05) is 17.0 Å². The van der Waals surface area contributed by atoms with Gasteiger partial charge in [0.15, 0.2) is 0 Å². The first-order valence-electron chi connectivity index (χ1n) is 8.91. The van der Waals surface area contributed by atoms with E-state index >= 15 is 0 Å². The van der Waals surface area contributed by atoms with Gasteiger partial charge in [0.05, 0.1) is 0 Å². The summed E-state index contributed by atoms with van der Waals surface area (Å²) in [6.07, 6.45) is 5.12. The predicted octanol–water partition coefficient (Wildman–Crippen LogP) is 1.43. The first-order chi connectivity index (χ1) is 12.8. The summed E-state index contributed by atoms with van der Waals surface area (Å²) in [5, 5.41) is 4.31. The third-order valence-corrected chi connectivity index (χ3v) is 4.57. The Morgan fingerprint density at radius 1 is 1.15 bits per heavy atom. The van der Waals surface area contributed by atoms with E-state index in [2.05, 4.69) is 37.9 Å². The predicted molar refractivity (Wildman–Crippen MR) is 97.1 cm³/mol. The number of carbonyl (C=O) groups is 1. The van der Waals surface area contributed by atoms with Crippen LogP contribution >= 0.6 is 0 Å². The Morgan fingerprint density at radius 2 is 2.00 bits per heavy atom. The Kier molecular flexibility index (Phi) is 4.47. The highest BCUT2D eigenvalue weighted by Crippen LogP contribution is 2.19. The molecule has 0 spiro atoms. The largest absolute Gasteiger partial charge is 0.353 e. The van der Waals surface area contributed by atoms with Crippen molar-refractivity contribution in [1.29, 1.82) is 0 Å². The molecule has 26 heavy (non-hydrogen) atoms.